The fourth-order valence-electron chi connectivity index (χ4n) is 8.98. The van der Waals surface area contributed by atoms with Crippen molar-refractivity contribution in [2.24, 2.45) is 11.3 Å². The monoisotopic (exact) mass is 502 g/mol. The highest BCUT2D eigenvalue weighted by molar-refractivity contribution is 5.70. The van der Waals surface area contributed by atoms with Crippen molar-refractivity contribution in [2.75, 3.05) is 26.7 Å². The number of amides is 1. The van der Waals surface area contributed by atoms with Gasteiger partial charge in [-0.25, -0.2) is 14.8 Å². The number of rotatable bonds is 5. The maximum absolute atomic E-state index is 13.6. The molecule has 4 bridgehead atoms. The summed E-state index contributed by atoms with van der Waals surface area (Å²) in [5.74, 6) is 3.14. The Kier molecular flexibility index (Phi) is 4.68. The number of ether oxygens (including phenoxy) is 3. The van der Waals surface area contributed by atoms with Crippen LogP contribution in [0.5, 0.6) is 11.5 Å². The first-order valence-electron chi connectivity index (χ1n) is 13.9. The van der Waals surface area contributed by atoms with Gasteiger partial charge in [0.2, 0.25) is 0 Å². The van der Waals surface area contributed by atoms with Crippen LogP contribution in [-0.4, -0.2) is 70.8 Å². The van der Waals surface area contributed by atoms with Gasteiger partial charge in [-0.3, -0.25) is 4.90 Å². The highest BCUT2D eigenvalue weighted by atomic mass is 16.6. The van der Waals surface area contributed by atoms with Gasteiger partial charge in [-0.15, -0.1) is 0 Å². The molecule has 1 amide bonds. The first-order chi connectivity index (χ1) is 18.1. The van der Waals surface area contributed by atoms with Gasteiger partial charge in [0, 0.05) is 47.9 Å². The predicted octanol–water partition coefficient (Wildman–Crippen LogP) is 3.72. The Bertz CT molecular complexity index is 1250. The van der Waals surface area contributed by atoms with Gasteiger partial charge in [-0.2, -0.15) is 0 Å². The molecule has 5 heterocycles. The van der Waals surface area contributed by atoms with E-state index in [2.05, 4.69) is 27.0 Å². The van der Waals surface area contributed by atoms with Crippen LogP contribution in [-0.2, 0) is 23.2 Å². The molecule has 7 aliphatic rings. The van der Waals surface area contributed by atoms with E-state index in [4.69, 9.17) is 14.2 Å². The number of carbonyl (C=O) groups excluding carboxylic acids is 1. The second-order valence-corrected chi connectivity index (χ2v) is 12.0. The van der Waals surface area contributed by atoms with Crippen molar-refractivity contribution in [3.63, 3.8) is 0 Å². The number of fused-ring (bicyclic) bond motifs is 3. The normalized spacial score (nSPS) is 34.9. The summed E-state index contributed by atoms with van der Waals surface area (Å²) in [5.41, 5.74) is 2.85. The van der Waals surface area contributed by atoms with Crippen molar-refractivity contribution in [3.05, 3.63) is 47.5 Å². The fourth-order valence-corrected chi connectivity index (χ4v) is 8.98. The van der Waals surface area contributed by atoms with Gasteiger partial charge in [0.15, 0.2) is 23.9 Å². The number of nitrogens with zero attached hydrogens (tertiary/aromatic N) is 4. The molecule has 37 heavy (non-hydrogen) atoms. The summed E-state index contributed by atoms with van der Waals surface area (Å²) in [6.07, 6.45) is 11.0. The Labute approximate surface area is 217 Å². The summed E-state index contributed by atoms with van der Waals surface area (Å²) in [7, 11) is 1.73. The Morgan fingerprint density at radius 1 is 1.14 bits per heavy atom. The third-order valence-corrected chi connectivity index (χ3v) is 10.6. The number of carbonyl (C=O) groups is 1. The van der Waals surface area contributed by atoms with E-state index < -0.39 is 0 Å². The summed E-state index contributed by atoms with van der Waals surface area (Å²) in [6, 6.07) is 6.62. The third kappa shape index (κ3) is 2.90. The van der Waals surface area contributed by atoms with Crippen LogP contribution in [0.4, 0.5) is 4.79 Å². The molecule has 8 nitrogen and oxygen atoms in total. The van der Waals surface area contributed by atoms with Gasteiger partial charge in [0.25, 0.3) is 0 Å². The second kappa shape index (κ2) is 7.82. The molecule has 194 valence electrons. The topological polar surface area (TPSA) is 77.0 Å². The molecule has 8 heteroatoms. The Morgan fingerprint density at radius 3 is 2.81 bits per heavy atom. The zero-order chi connectivity index (χ0) is 24.8. The first kappa shape index (κ1) is 22.1. The molecule has 0 radical (unpaired) electrons. The zero-order valence-corrected chi connectivity index (χ0v) is 21.4. The van der Waals surface area contributed by atoms with Crippen LogP contribution in [0.25, 0.3) is 0 Å². The molecule has 9 rings (SSSR count). The number of piperidine rings is 1. The lowest BCUT2D eigenvalue weighted by Crippen LogP contribution is -2.72. The van der Waals surface area contributed by atoms with Crippen LogP contribution < -0.4 is 9.47 Å². The van der Waals surface area contributed by atoms with Crippen molar-refractivity contribution in [3.8, 4) is 11.5 Å². The summed E-state index contributed by atoms with van der Waals surface area (Å²) in [6.45, 7) is 3.13. The molecule has 2 aromatic rings. The third-order valence-electron chi connectivity index (χ3n) is 10.6. The molecule has 3 saturated heterocycles. The molecular weight excluding hydrogens is 468 g/mol. The van der Waals surface area contributed by atoms with Gasteiger partial charge in [-0.1, -0.05) is 6.07 Å². The molecule has 5 fully saturated rings. The summed E-state index contributed by atoms with van der Waals surface area (Å²) in [5, 5.41) is 0. The number of aromatic nitrogens is 2. The quantitative estimate of drug-likeness (QED) is 0.617. The molecule has 3 aliphatic carbocycles. The van der Waals surface area contributed by atoms with Gasteiger partial charge in [0.05, 0.1) is 13.2 Å². The lowest BCUT2D eigenvalue weighted by molar-refractivity contribution is -0.129. The van der Waals surface area contributed by atoms with E-state index in [1.807, 2.05) is 4.90 Å². The van der Waals surface area contributed by atoms with Crippen LogP contribution in [0.15, 0.2) is 30.6 Å². The van der Waals surface area contributed by atoms with Crippen molar-refractivity contribution in [1.82, 2.24) is 19.8 Å². The van der Waals surface area contributed by atoms with E-state index in [0.717, 1.165) is 56.1 Å². The van der Waals surface area contributed by atoms with Crippen LogP contribution in [0.2, 0.25) is 0 Å². The summed E-state index contributed by atoms with van der Waals surface area (Å²) < 4.78 is 18.6. The lowest BCUT2D eigenvalue weighted by atomic mass is 9.42. The SMILES string of the molecule is COc1ccc2c3c1O[C@H]1[C@H]4CC[C@@]5(CCN4C(=O)OCc4ncccn4)[C@@H](C2)N(CC2CC2)CC[C@]315. The molecule has 4 aliphatic heterocycles. The second-order valence-electron chi connectivity index (χ2n) is 12.0. The zero-order valence-electron chi connectivity index (χ0n) is 21.4. The van der Waals surface area contributed by atoms with E-state index in [-0.39, 0.29) is 35.7 Å². The maximum Gasteiger partial charge on any atom is 0.410 e. The molecule has 2 saturated carbocycles. The molecule has 5 atom stereocenters. The van der Waals surface area contributed by atoms with Crippen LogP contribution in [0.1, 0.15) is 55.5 Å². The molecule has 2 spiro atoms. The highest BCUT2D eigenvalue weighted by Crippen LogP contribution is 2.71. The maximum atomic E-state index is 13.6. The highest BCUT2D eigenvalue weighted by Gasteiger charge is 2.74. The van der Waals surface area contributed by atoms with Crippen molar-refractivity contribution in [1.29, 1.82) is 0 Å². The average molecular weight is 503 g/mol. The van der Waals surface area contributed by atoms with Crippen molar-refractivity contribution < 1.29 is 19.0 Å². The van der Waals surface area contributed by atoms with E-state index in [0.29, 0.717) is 18.4 Å². The lowest BCUT2D eigenvalue weighted by Gasteiger charge is -2.65. The molecular formula is C29H34N4O4. The Hall–Kier alpha value is -2.87. The van der Waals surface area contributed by atoms with Crippen LogP contribution in [0, 0.1) is 11.3 Å². The number of likely N-dealkylation sites (tertiary alicyclic amines) is 1. The van der Waals surface area contributed by atoms with Gasteiger partial charge in [0.1, 0.15) is 6.10 Å². The molecule has 0 N–H and O–H groups in total. The minimum absolute atomic E-state index is 0.0153. The Balaban J connectivity index is 1.20. The predicted molar refractivity (Wildman–Crippen MR) is 134 cm³/mol. The fraction of sp³-hybridized carbons (Fsp3) is 0.621. The number of hydrogen-bond acceptors (Lipinski definition) is 7. The van der Waals surface area contributed by atoms with Crippen LogP contribution in [0.3, 0.4) is 0 Å². The van der Waals surface area contributed by atoms with Crippen molar-refractivity contribution >= 4 is 6.09 Å². The average Bonchev–Trinajstić information content (AvgIpc) is 3.72. The number of hydrogen-bond donors (Lipinski definition) is 0. The minimum Gasteiger partial charge on any atom is -0.493 e. The molecule has 0 unspecified atom stereocenters. The number of benzene rings is 1. The molecule has 1 aromatic heterocycles. The minimum atomic E-state index is -0.277. The van der Waals surface area contributed by atoms with E-state index in [1.54, 1.807) is 25.6 Å². The Morgan fingerprint density at radius 2 is 2.00 bits per heavy atom. The van der Waals surface area contributed by atoms with Crippen LogP contribution >= 0.6 is 0 Å². The van der Waals surface area contributed by atoms with E-state index in [1.165, 1.54) is 30.5 Å². The van der Waals surface area contributed by atoms with E-state index >= 15 is 0 Å². The largest absolute Gasteiger partial charge is 0.493 e. The van der Waals surface area contributed by atoms with E-state index in [9.17, 15) is 4.79 Å². The number of methoxy groups -OCH3 is 1. The van der Waals surface area contributed by atoms with Gasteiger partial charge < -0.3 is 19.1 Å². The smallest absolute Gasteiger partial charge is 0.410 e. The first-order valence-corrected chi connectivity index (χ1v) is 13.9. The summed E-state index contributed by atoms with van der Waals surface area (Å²) in [4.78, 5) is 26.8. The van der Waals surface area contributed by atoms with Gasteiger partial charge in [-0.05, 0) is 75.1 Å². The molecule has 1 aromatic carbocycles. The van der Waals surface area contributed by atoms with Gasteiger partial charge >= 0.3 is 6.09 Å². The standard InChI is InChI=1S/C29H34N4O4/c1-35-21-6-5-19-15-22-28-8-7-20(33(14-9-28)27(34)36-17-23-30-11-2-12-31-23)26-29(28,24(19)25(21)37-26)10-13-32(22)16-18-3-4-18/h2,5-6,11-12,18,20,22,26H,3-4,7-10,13-17H2,1H3/t20-,22-,26+,28-,29+/m1/s1. The summed E-state index contributed by atoms with van der Waals surface area (Å²) >= 11 is 0. The van der Waals surface area contributed by atoms with Crippen molar-refractivity contribution in [2.45, 2.75) is 75.2 Å².